The van der Waals surface area contributed by atoms with Gasteiger partial charge in [0, 0.05) is 19.2 Å². The molecule has 0 amide bonds. The Hall–Kier alpha value is -0.120. The summed E-state index contributed by atoms with van der Waals surface area (Å²) in [4.78, 5) is 2.50. The van der Waals surface area contributed by atoms with Crippen molar-refractivity contribution in [3.63, 3.8) is 0 Å². The molecule has 2 N–H and O–H groups in total. The molecule has 1 saturated carbocycles. The Morgan fingerprint density at radius 1 is 1.21 bits per heavy atom. The highest BCUT2D eigenvalue weighted by Crippen LogP contribution is 2.34. The SMILES string of the molecule is CC1CCC(CN)(OCCC2CCCCN2C)CC1. The van der Waals surface area contributed by atoms with E-state index in [4.69, 9.17) is 10.5 Å². The van der Waals surface area contributed by atoms with Crippen molar-refractivity contribution in [1.29, 1.82) is 0 Å². The van der Waals surface area contributed by atoms with E-state index >= 15 is 0 Å². The Bertz CT molecular complexity index is 261. The molecule has 112 valence electrons. The summed E-state index contributed by atoms with van der Waals surface area (Å²) in [5.74, 6) is 0.854. The van der Waals surface area contributed by atoms with Crippen LogP contribution in [-0.4, -0.2) is 43.3 Å². The first-order chi connectivity index (χ1) is 9.15. The third-order valence-corrected chi connectivity index (χ3v) is 5.34. The minimum absolute atomic E-state index is 0.000250. The first-order valence-electron chi connectivity index (χ1n) is 8.19. The molecule has 0 radical (unpaired) electrons. The summed E-state index contributed by atoms with van der Waals surface area (Å²) in [7, 11) is 2.25. The quantitative estimate of drug-likeness (QED) is 0.833. The van der Waals surface area contributed by atoms with E-state index in [1.165, 1.54) is 45.1 Å². The highest BCUT2D eigenvalue weighted by atomic mass is 16.5. The Morgan fingerprint density at radius 3 is 2.58 bits per heavy atom. The van der Waals surface area contributed by atoms with Crippen molar-refractivity contribution in [3.05, 3.63) is 0 Å². The van der Waals surface area contributed by atoms with Gasteiger partial charge in [0.2, 0.25) is 0 Å². The average molecular weight is 268 g/mol. The van der Waals surface area contributed by atoms with Gasteiger partial charge in [-0.25, -0.2) is 0 Å². The fourth-order valence-electron chi connectivity index (χ4n) is 3.62. The molecule has 2 fully saturated rings. The van der Waals surface area contributed by atoms with Crippen LogP contribution in [0.15, 0.2) is 0 Å². The van der Waals surface area contributed by atoms with E-state index in [-0.39, 0.29) is 5.60 Å². The summed E-state index contributed by atoms with van der Waals surface area (Å²) >= 11 is 0. The summed E-state index contributed by atoms with van der Waals surface area (Å²) in [6.07, 6.45) is 10.1. The van der Waals surface area contributed by atoms with E-state index in [1.807, 2.05) is 0 Å². The highest BCUT2D eigenvalue weighted by molar-refractivity contribution is 4.87. The smallest absolute Gasteiger partial charge is 0.0804 e. The van der Waals surface area contributed by atoms with Crippen LogP contribution in [0.5, 0.6) is 0 Å². The van der Waals surface area contributed by atoms with Crippen molar-refractivity contribution in [1.82, 2.24) is 4.90 Å². The largest absolute Gasteiger partial charge is 0.374 e. The molecule has 0 bridgehead atoms. The van der Waals surface area contributed by atoms with Gasteiger partial charge in [-0.3, -0.25) is 0 Å². The van der Waals surface area contributed by atoms with Gasteiger partial charge in [0.05, 0.1) is 5.60 Å². The molecule has 0 aromatic rings. The van der Waals surface area contributed by atoms with Crippen molar-refractivity contribution in [2.45, 2.75) is 69.9 Å². The fourth-order valence-corrected chi connectivity index (χ4v) is 3.62. The van der Waals surface area contributed by atoms with E-state index in [2.05, 4.69) is 18.9 Å². The maximum atomic E-state index is 6.27. The summed E-state index contributed by atoms with van der Waals surface area (Å²) < 4.78 is 6.27. The number of piperidine rings is 1. The van der Waals surface area contributed by atoms with Crippen molar-refractivity contribution in [2.24, 2.45) is 11.7 Å². The van der Waals surface area contributed by atoms with E-state index in [9.17, 15) is 0 Å². The van der Waals surface area contributed by atoms with Crippen LogP contribution in [0.4, 0.5) is 0 Å². The topological polar surface area (TPSA) is 38.5 Å². The van der Waals surface area contributed by atoms with Crippen LogP contribution in [0, 0.1) is 5.92 Å². The molecule has 2 rings (SSSR count). The zero-order valence-corrected chi connectivity index (χ0v) is 12.9. The van der Waals surface area contributed by atoms with Gasteiger partial charge in [-0.15, -0.1) is 0 Å². The Kier molecular flexibility index (Phi) is 5.67. The summed E-state index contributed by atoms with van der Waals surface area (Å²) in [5.41, 5.74) is 5.99. The highest BCUT2D eigenvalue weighted by Gasteiger charge is 2.34. The number of hydrogen-bond acceptors (Lipinski definition) is 3. The standard InChI is InChI=1S/C16H32N2O/c1-14-6-9-16(13-17,10-7-14)19-12-8-15-5-3-4-11-18(15)2/h14-15H,3-13,17H2,1-2H3. The fraction of sp³-hybridized carbons (Fsp3) is 1.00. The van der Waals surface area contributed by atoms with Gasteiger partial charge in [0.15, 0.2) is 0 Å². The number of nitrogens with zero attached hydrogens (tertiary/aromatic N) is 1. The maximum absolute atomic E-state index is 6.27. The molecular formula is C16H32N2O. The summed E-state index contributed by atoms with van der Waals surface area (Å²) in [6, 6.07) is 0.728. The Labute approximate surface area is 118 Å². The van der Waals surface area contributed by atoms with Gasteiger partial charge in [0.25, 0.3) is 0 Å². The Morgan fingerprint density at radius 2 is 1.95 bits per heavy atom. The number of rotatable bonds is 5. The molecule has 1 atom stereocenters. The van der Waals surface area contributed by atoms with E-state index in [0.29, 0.717) is 6.54 Å². The predicted molar refractivity (Wildman–Crippen MR) is 80.3 cm³/mol. The van der Waals surface area contributed by atoms with Crippen LogP contribution in [-0.2, 0) is 4.74 Å². The molecule has 1 unspecified atom stereocenters. The lowest BCUT2D eigenvalue weighted by atomic mass is 9.79. The van der Waals surface area contributed by atoms with Gasteiger partial charge in [-0.1, -0.05) is 13.3 Å². The van der Waals surface area contributed by atoms with Gasteiger partial charge in [0.1, 0.15) is 0 Å². The summed E-state index contributed by atoms with van der Waals surface area (Å²) in [6.45, 7) is 5.18. The van der Waals surface area contributed by atoms with Crippen molar-refractivity contribution >= 4 is 0 Å². The van der Waals surface area contributed by atoms with Crippen molar-refractivity contribution in [3.8, 4) is 0 Å². The zero-order valence-electron chi connectivity index (χ0n) is 12.9. The molecule has 0 spiro atoms. The monoisotopic (exact) mass is 268 g/mol. The number of hydrogen-bond donors (Lipinski definition) is 1. The van der Waals surface area contributed by atoms with Gasteiger partial charge < -0.3 is 15.4 Å². The third-order valence-electron chi connectivity index (χ3n) is 5.34. The van der Waals surface area contributed by atoms with E-state index in [0.717, 1.165) is 31.4 Å². The third kappa shape index (κ3) is 4.17. The zero-order chi connectivity index (χ0) is 13.7. The molecule has 1 aliphatic carbocycles. The van der Waals surface area contributed by atoms with Crippen LogP contribution in [0.3, 0.4) is 0 Å². The molecule has 19 heavy (non-hydrogen) atoms. The molecule has 0 aromatic carbocycles. The van der Waals surface area contributed by atoms with Crippen LogP contribution >= 0.6 is 0 Å². The first kappa shape index (κ1) is 15.3. The second kappa shape index (κ2) is 7.05. The minimum Gasteiger partial charge on any atom is -0.374 e. The maximum Gasteiger partial charge on any atom is 0.0804 e. The van der Waals surface area contributed by atoms with Crippen LogP contribution < -0.4 is 5.73 Å². The molecule has 3 heteroatoms. The van der Waals surface area contributed by atoms with Crippen LogP contribution in [0.2, 0.25) is 0 Å². The van der Waals surface area contributed by atoms with Crippen molar-refractivity contribution in [2.75, 3.05) is 26.7 Å². The van der Waals surface area contributed by atoms with E-state index in [1.54, 1.807) is 0 Å². The number of likely N-dealkylation sites (tertiary alicyclic amines) is 1. The predicted octanol–water partition coefficient (Wildman–Crippen LogP) is 2.79. The molecule has 2 aliphatic rings. The van der Waals surface area contributed by atoms with E-state index < -0.39 is 0 Å². The number of nitrogens with two attached hydrogens (primary N) is 1. The van der Waals surface area contributed by atoms with Gasteiger partial charge in [-0.2, -0.15) is 0 Å². The normalized spacial score (nSPS) is 37.4. The number of ether oxygens (including phenoxy) is 1. The lowest BCUT2D eigenvalue weighted by molar-refractivity contribution is -0.0761. The Balaban J connectivity index is 1.73. The second-order valence-electron chi connectivity index (χ2n) is 6.84. The van der Waals surface area contributed by atoms with Gasteiger partial charge >= 0.3 is 0 Å². The molecule has 1 aliphatic heterocycles. The molecule has 1 heterocycles. The molecule has 1 saturated heterocycles. The van der Waals surface area contributed by atoms with Crippen LogP contribution in [0.1, 0.15) is 58.3 Å². The average Bonchev–Trinajstić information content (AvgIpc) is 2.44. The van der Waals surface area contributed by atoms with Gasteiger partial charge in [-0.05, 0) is 64.5 Å². The van der Waals surface area contributed by atoms with Crippen molar-refractivity contribution < 1.29 is 4.74 Å². The first-order valence-corrected chi connectivity index (χ1v) is 8.19. The second-order valence-corrected chi connectivity index (χ2v) is 6.84. The van der Waals surface area contributed by atoms with Crippen LogP contribution in [0.25, 0.3) is 0 Å². The molecule has 0 aromatic heterocycles. The molecule has 3 nitrogen and oxygen atoms in total. The summed E-state index contributed by atoms with van der Waals surface area (Å²) in [5, 5.41) is 0. The lowest BCUT2D eigenvalue weighted by Gasteiger charge is -2.39. The molecular weight excluding hydrogens is 236 g/mol. The lowest BCUT2D eigenvalue weighted by Crippen LogP contribution is -2.45. The minimum atomic E-state index is -0.000250.